The molecule has 1 atom stereocenters. The molecular weight excluding hydrogens is 358 g/mol. The van der Waals surface area contributed by atoms with Crippen molar-refractivity contribution in [3.63, 3.8) is 0 Å². The minimum absolute atomic E-state index is 0.0930. The van der Waals surface area contributed by atoms with Crippen molar-refractivity contribution < 1.29 is 22.7 Å². The zero-order valence-corrected chi connectivity index (χ0v) is 15.5. The normalized spacial score (nSPS) is 12.6. The minimum atomic E-state index is -3.60. The molecule has 3 N–H and O–H groups in total. The monoisotopic (exact) mass is 379 g/mol. The summed E-state index contributed by atoms with van der Waals surface area (Å²) in [6.45, 7) is 4.89. The molecule has 0 saturated heterocycles. The van der Waals surface area contributed by atoms with Crippen molar-refractivity contribution in [2.75, 3.05) is 5.32 Å². The Balaban J connectivity index is 1.97. The van der Waals surface area contributed by atoms with Crippen LogP contribution in [-0.2, 0) is 19.6 Å². The lowest BCUT2D eigenvalue weighted by molar-refractivity contribution is -0.123. The van der Waals surface area contributed by atoms with E-state index in [1.54, 1.807) is 26.1 Å². The van der Waals surface area contributed by atoms with Gasteiger partial charge in [-0.05, 0) is 57.2 Å². The van der Waals surface area contributed by atoms with Gasteiger partial charge in [-0.15, -0.1) is 0 Å². The first kappa shape index (κ1) is 19.7. The number of hydrogen-bond donors (Lipinski definition) is 3. The number of benzene rings is 1. The van der Waals surface area contributed by atoms with E-state index in [1.165, 1.54) is 37.3 Å². The average Bonchev–Trinajstić information content (AvgIpc) is 3.08. The van der Waals surface area contributed by atoms with Gasteiger partial charge in [0.05, 0.1) is 4.90 Å². The van der Waals surface area contributed by atoms with E-state index >= 15 is 0 Å². The van der Waals surface area contributed by atoms with Crippen LogP contribution < -0.4 is 10.0 Å². The predicted molar refractivity (Wildman–Crippen MR) is 96.2 cm³/mol. The van der Waals surface area contributed by atoms with Crippen molar-refractivity contribution in [2.45, 2.75) is 37.8 Å². The smallest absolute Gasteiger partial charge is 0.355 e. The van der Waals surface area contributed by atoms with Crippen molar-refractivity contribution in [1.82, 2.24) is 9.71 Å². The third-order valence-corrected chi connectivity index (χ3v) is 4.97. The number of carbonyl (C=O) groups is 2. The molecule has 1 amide bonds. The quantitative estimate of drug-likeness (QED) is 0.635. The number of rotatable bonds is 7. The van der Waals surface area contributed by atoms with Gasteiger partial charge >= 0.3 is 5.97 Å². The topological polar surface area (TPSA) is 117 Å². The van der Waals surface area contributed by atoms with Crippen LogP contribution in [0.15, 0.2) is 47.5 Å². The van der Waals surface area contributed by atoms with Crippen molar-refractivity contribution in [3.05, 3.63) is 48.3 Å². The minimum Gasteiger partial charge on any atom is -0.448 e. The number of hydrogen-bond acceptors (Lipinski definition) is 5. The molecule has 0 bridgehead atoms. The van der Waals surface area contributed by atoms with Crippen LogP contribution in [0.25, 0.3) is 0 Å². The van der Waals surface area contributed by atoms with Crippen molar-refractivity contribution in [2.24, 2.45) is 0 Å². The van der Waals surface area contributed by atoms with Gasteiger partial charge in [0.1, 0.15) is 5.69 Å². The largest absolute Gasteiger partial charge is 0.448 e. The molecule has 2 rings (SSSR count). The van der Waals surface area contributed by atoms with Crippen LogP contribution >= 0.6 is 0 Å². The van der Waals surface area contributed by atoms with E-state index in [9.17, 15) is 18.0 Å². The van der Waals surface area contributed by atoms with Crippen LogP contribution in [0.4, 0.5) is 5.69 Å². The van der Waals surface area contributed by atoms with E-state index in [0.717, 1.165) is 0 Å². The Morgan fingerprint density at radius 2 is 1.73 bits per heavy atom. The number of H-pyrrole nitrogens is 1. The number of sulfonamides is 1. The lowest BCUT2D eigenvalue weighted by atomic mass is 10.3. The average molecular weight is 379 g/mol. The summed E-state index contributed by atoms with van der Waals surface area (Å²) in [6.07, 6.45) is 0.558. The van der Waals surface area contributed by atoms with Crippen LogP contribution in [0.1, 0.15) is 31.3 Å². The third kappa shape index (κ3) is 5.17. The number of aromatic amines is 1. The SMILES string of the molecule is CC(C)NS(=O)(=O)c1ccc(NC(=O)[C@@H](C)OC(=O)c2ccc[nH]2)cc1. The highest BCUT2D eigenvalue weighted by atomic mass is 32.2. The molecule has 1 aromatic carbocycles. The van der Waals surface area contributed by atoms with Gasteiger partial charge in [-0.25, -0.2) is 17.9 Å². The maximum atomic E-state index is 12.1. The van der Waals surface area contributed by atoms with Gasteiger partial charge in [0.25, 0.3) is 5.91 Å². The molecule has 0 radical (unpaired) electrons. The fraction of sp³-hybridized carbons (Fsp3) is 0.294. The summed E-state index contributed by atoms with van der Waals surface area (Å²) in [6, 6.07) is 8.65. The first-order valence-corrected chi connectivity index (χ1v) is 9.45. The van der Waals surface area contributed by atoms with E-state index in [2.05, 4.69) is 15.0 Å². The van der Waals surface area contributed by atoms with Gasteiger partial charge in [0.2, 0.25) is 10.0 Å². The molecule has 0 aliphatic rings. The van der Waals surface area contributed by atoms with Crippen LogP contribution in [0, 0.1) is 0 Å². The lowest BCUT2D eigenvalue weighted by Gasteiger charge is -2.14. The van der Waals surface area contributed by atoms with E-state index in [1.807, 2.05) is 0 Å². The number of ether oxygens (including phenoxy) is 1. The number of nitrogens with one attached hydrogen (secondary N) is 3. The van der Waals surface area contributed by atoms with E-state index in [4.69, 9.17) is 4.74 Å². The summed E-state index contributed by atoms with van der Waals surface area (Å²) >= 11 is 0. The first-order chi connectivity index (χ1) is 12.2. The van der Waals surface area contributed by atoms with E-state index < -0.39 is 28.0 Å². The number of aromatic nitrogens is 1. The fourth-order valence-electron chi connectivity index (χ4n) is 2.07. The Morgan fingerprint density at radius 3 is 2.27 bits per heavy atom. The van der Waals surface area contributed by atoms with Gasteiger partial charge in [-0.3, -0.25) is 4.79 Å². The molecule has 0 aliphatic heterocycles. The van der Waals surface area contributed by atoms with Crippen LogP contribution in [0.3, 0.4) is 0 Å². The Hall–Kier alpha value is -2.65. The maximum Gasteiger partial charge on any atom is 0.355 e. The van der Waals surface area contributed by atoms with Crippen LogP contribution in [0.2, 0.25) is 0 Å². The van der Waals surface area contributed by atoms with Crippen molar-refractivity contribution in [1.29, 1.82) is 0 Å². The number of esters is 1. The summed E-state index contributed by atoms with van der Waals surface area (Å²) in [7, 11) is -3.60. The standard InChI is InChI=1S/C17H21N3O5S/c1-11(2)20-26(23,24)14-8-6-13(7-9-14)19-16(21)12(3)25-17(22)15-5-4-10-18-15/h4-12,18,20H,1-3H3,(H,19,21)/t12-/m1/s1. The molecule has 9 heteroatoms. The summed E-state index contributed by atoms with van der Waals surface area (Å²) < 4.78 is 31.7. The summed E-state index contributed by atoms with van der Waals surface area (Å²) in [5.74, 6) is -1.17. The van der Waals surface area contributed by atoms with E-state index in [-0.39, 0.29) is 16.6 Å². The Morgan fingerprint density at radius 1 is 1.08 bits per heavy atom. The second kappa shape index (κ2) is 8.15. The Kier molecular flexibility index (Phi) is 6.17. The second-order valence-corrected chi connectivity index (χ2v) is 7.63. The molecule has 8 nitrogen and oxygen atoms in total. The molecule has 1 aromatic heterocycles. The maximum absolute atomic E-state index is 12.1. The zero-order valence-electron chi connectivity index (χ0n) is 14.6. The summed E-state index contributed by atoms with van der Waals surface area (Å²) in [4.78, 5) is 26.7. The van der Waals surface area contributed by atoms with Gasteiger partial charge in [0.15, 0.2) is 6.10 Å². The molecule has 0 spiro atoms. The zero-order chi connectivity index (χ0) is 19.3. The highest BCUT2D eigenvalue weighted by Gasteiger charge is 2.20. The molecule has 0 unspecified atom stereocenters. The Bertz CT molecular complexity index is 858. The predicted octanol–water partition coefficient (Wildman–Crippen LogP) is 1.89. The molecule has 0 fully saturated rings. The molecule has 140 valence electrons. The van der Waals surface area contributed by atoms with Gasteiger partial charge < -0.3 is 15.0 Å². The first-order valence-electron chi connectivity index (χ1n) is 7.96. The van der Waals surface area contributed by atoms with Crippen LogP contribution in [-0.4, -0.2) is 37.4 Å². The highest BCUT2D eigenvalue weighted by molar-refractivity contribution is 7.89. The molecule has 0 aliphatic carbocycles. The summed E-state index contributed by atoms with van der Waals surface area (Å²) in [5.41, 5.74) is 0.637. The number of amides is 1. The second-order valence-electron chi connectivity index (χ2n) is 5.92. The highest BCUT2D eigenvalue weighted by Crippen LogP contribution is 2.15. The summed E-state index contributed by atoms with van der Waals surface area (Å²) in [5, 5.41) is 2.57. The molecule has 0 saturated carbocycles. The number of anilines is 1. The van der Waals surface area contributed by atoms with Gasteiger partial charge in [-0.1, -0.05) is 0 Å². The number of carbonyl (C=O) groups excluding carboxylic acids is 2. The van der Waals surface area contributed by atoms with Gasteiger partial charge in [-0.2, -0.15) is 0 Å². The van der Waals surface area contributed by atoms with Gasteiger partial charge in [0, 0.05) is 17.9 Å². The lowest BCUT2D eigenvalue weighted by Crippen LogP contribution is -2.30. The Labute approximate surface area is 152 Å². The van der Waals surface area contributed by atoms with Crippen LogP contribution in [0.5, 0.6) is 0 Å². The van der Waals surface area contributed by atoms with E-state index in [0.29, 0.717) is 5.69 Å². The molecular formula is C17H21N3O5S. The van der Waals surface area contributed by atoms with Crippen molar-refractivity contribution in [3.8, 4) is 0 Å². The fourth-order valence-corrected chi connectivity index (χ4v) is 3.33. The molecule has 26 heavy (non-hydrogen) atoms. The molecule has 1 heterocycles. The van der Waals surface area contributed by atoms with Crippen molar-refractivity contribution >= 4 is 27.6 Å². The molecule has 2 aromatic rings. The third-order valence-electron chi connectivity index (χ3n) is 3.29.